The Morgan fingerprint density at radius 2 is 1.50 bits per heavy atom. The lowest BCUT2D eigenvalue weighted by Gasteiger charge is -2.32. The number of hydrogen-bond donors (Lipinski definition) is 1. The minimum Gasteiger partial charge on any atom is -0.506 e. The maximum absolute atomic E-state index is 9.73. The number of hydrogen-bond acceptors (Lipinski definition) is 4. The van der Waals surface area contributed by atoms with Gasteiger partial charge in [0, 0.05) is 6.21 Å². The smallest absolute Gasteiger partial charge is 0.494 e. The largest absolute Gasteiger partial charge is 0.506 e. The first kappa shape index (κ1) is 16.7. The Morgan fingerprint density at radius 3 is 2.08 bits per heavy atom. The highest BCUT2D eigenvalue weighted by molar-refractivity contribution is 6.62. The van der Waals surface area contributed by atoms with E-state index in [1.165, 1.54) is 0 Å². The highest BCUT2D eigenvalue weighted by atomic mass is 16.7. The van der Waals surface area contributed by atoms with Crippen LogP contribution in [0.15, 0.2) is 53.5 Å². The summed E-state index contributed by atoms with van der Waals surface area (Å²) in [5, 5.41) is 9.73. The van der Waals surface area contributed by atoms with Crippen LogP contribution in [0.25, 0.3) is 0 Å². The quantitative estimate of drug-likeness (QED) is 0.695. The van der Waals surface area contributed by atoms with E-state index in [0.29, 0.717) is 5.69 Å². The van der Waals surface area contributed by atoms with Gasteiger partial charge in [-0.25, -0.2) is 0 Å². The van der Waals surface area contributed by atoms with Gasteiger partial charge in [0.15, 0.2) is 0 Å². The van der Waals surface area contributed by atoms with Crippen molar-refractivity contribution in [1.29, 1.82) is 0 Å². The van der Waals surface area contributed by atoms with Crippen molar-refractivity contribution in [3.63, 3.8) is 0 Å². The van der Waals surface area contributed by atoms with Gasteiger partial charge in [-0.05, 0) is 50.9 Å². The van der Waals surface area contributed by atoms with Crippen LogP contribution in [0.1, 0.15) is 33.3 Å². The fourth-order valence-electron chi connectivity index (χ4n) is 2.44. The van der Waals surface area contributed by atoms with Crippen LogP contribution < -0.4 is 5.46 Å². The average molecular weight is 323 g/mol. The number of rotatable bonds is 3. The van der Waals surface area contributed by atoms with Crippen LogP contribution in [0, 0.1) is 0 Å². The van der Waals surface area contributed by atoms with E-state index in [-0.39, 0.29) is 24.1 Å². The van der Waals surface area contributed by atoms with Crippen molar-refractivity contribution in [3.05, 3.63) is 54.1 Å². The maximum atomic E-state index is 9.73. The van der Waals surface area contributed by atoms with E-state index < -0.39 is 0 Å². The molecule has 2 aromatic carbocycles. The zero-order valence-corrected chi connectivity index (χ0v) is 14.5. The zero-order valence-electron chi connectivity index (χ0n) is 14.5. The van der Waals surface area contributed by atoms with E-state index in [9.17, 15) is 5.11 Å². The van der Waals surface area contributed by atoms with Gasteiger partial charge in [-0.2, -0.15) is 0 Å². The third kappa shape index (κ3) is 3.23. The van der Waals surface area contributed by atoms with E-state index in [1.807, 2.05) is 58.0 Å². The molecule has 0 aromatic heterocycles. The lowest BCUT2D eigenvalue weighted by atomic mass is 9.79. The first-order valence-electron chi connectivity index (χ1n) is 8.06. The Morgan fingerprint density at radius 1 is 0.917 bits per heavy atom. The molecule has 0 amide bonds. The van der Waals surface area contributed by atoms with Crippen LogP contribution >= 0.6 is 0 Å². The molecule has 5 heteroatoms. The Hall–Kier alpha value is -2.11. The van der Waals surface area contributed by atoms with Crippen LogP contribution in [0.3, 0.4) is 0 Å². The molecule has 0 saturated carbocycles. The first-order valence-corrected chi connectivity index (χ1v) is 8.06. The predicted molar refractivity (Wildman–Crippen MR) is 97.5 cm³/mol. The van der Waals surface area contributed by atoms with E-state index in [4.69, 9.17) is 9.31 Å². The molecule has 24 heavy (non-hydrogen) atoms. The molecule has 1 saturated heterocycles. The van der Waals surface area contributed by atoms with E-state index >= 15 is 0 Å². The second-order valence-electron chi connectivity index (χ2n) is 7.00. The van der Waals surface area contributed by atoms with Crippen molar-refractivity contribution >= 4 is 24.5 Å². The summed E-state index contributed by atoms with van der Waals surface area (Å²) >= 11 is 0. The number of para-hydroxylation sites is 2. The number of phenols is 1. The number of aromatic hydroxyl groups is 1. The minimum absolute atomic E-state index is 0.169. The summed E-state index contributed by atoms with van der Waals surface area (Å²) in [6, 6.07) is 14.9. The molecule has 1 N–H and O–H groups in total. The second-order valence-corrected chi connectivity index (χ2v) is 7.00. The minimum atomic E-state index is -0.362. The third-order valence-corrected chi connectivity index (χ3v) is 4.70. The molecule has 1 aliphatic rings. The number of benzene rings is 2. The molecule has 0 spiro atoms. The molecule has 3 rings (SSSR count). The first-order chi connectivity index (χ1) is 11.3. The number of aliphatic imine (C=N–C) groups is 1. The van der Waals surface area contributed by atoms with Gasteiger partial charge in [0.25, 0.3) is 0 Å². The Balaban J connectivity index is 1.74. The van der Waals surface area contributed by atoms with Gasteiger partial charge >= 0.3 is 7.12 Å². The molecule has 2 aromatic rings. The number of phenolic OH excluding ortho intramolecular Hbond substituents is 1. The van der Waals surface area contributed by atoms with E-state index in [2.05, 4.69) is 4.99 Å². The maximum Gasteiger partial charge on any atom is 0.494 e. The molecule has 0 unspecified atom stereocenters. The fraction of sp³-hybridized carbons (Fsp3) is 0.316. The predicted octanol–water partition coefficient (Wildman–Crippen LogP) is 3.44. The molecule has 0 radical (unpaired) electrons. The molecule has 0 bridgehead atoms. The topological polar surface area (TPSA) is 51.0 Å². The molecule has 1 aliphatic heterocycles. The molecular formula is C19H22BNO3. The van der Waals surface area contributed by atoms with Gasteiger partial charge in [0.05, 0.1) is 11.2 Å². The SMILES string of the molecule is CC1(C)OB(c2ccc(C=Nc3ccccc3O)cc2)OC1(C)C. The normalized spacial score (nSPS) is 19.1. The Kier molecular flexibility index (Phi) is 4.24. The summed E-state index contributed by atoms with van der Waals surface area (Å²) in [6.07, 6.45) is 1.73. The van der Waals surface area contributed by atoms with Crippen LogP contribution in [0.5, 0.6) is 5.75 Å². The third-order valence-electron chi connectivity index (χ3n) is 4.70. The number of nitrogens with zero attached hydrogens (tertiary/aromatic N) is 1. The Labute approximate surface area is 143 Å². The monoisotopic (exact) mass is 323 g/mol. The molecule has 0 aliphatic carbocycles. The molecule has 0 atom stereocenters. The molecule has 1 fully saturated rings. The van der Waals surface area contributed by atoms with Gasteiger partial charge in [-0.3, -0.25) is 4.99 Å². The van der Waals surface area contributed by atoms with Gasteiger partial charge in [0.1, 0.15) is 11.4 Å². The lowest BCUT2D eigenvalue weighted by molar-refractivity contribution is 0.00578. The average Bonchev–Trinajstić information content (AvgIpc) is 2.75. The van der Waals surface area contributed by atoms with E-state index in [0.717, 1.165) is 11.0 Å². The summed E-state index contributed by atoms with van der Waals surface area (Å²) in [5.41, 5.74) is 1.78. The van der Waals surface area contributed by atoms with Crippen LogP contribution in [-0.4, -0.2) is 29.6 Å². The van der Waals surface area contributed by atoms with Crippen molar-refractivity contribution in [1.82, 2.24) is 0 Å². The van der Waals surface area contributed by atoms with Gasteiger partial charge < -0.3 is 14.4 Å². The van der Waals surface area contributed by atoms with Crippen molar-refractivity contribution < 1.29 is 14.4 Å². The Bertz CT molecular complexity index is 737. The highest BCUT2D eigenvalue weighted by Gasteiger charge is 2.51. The summed E-state index contributed by atoms with van der Waals surface area (Å²) < 4.78 is 12.1. The van der Waals surface area contributed by atoms with Crippen molar-refractivity contribution in [2.75, 3.05) is 0 Å². The standard InChI is InChI=1S/C19H22BNO3/c1-18(2)19(3,4)24-20(23-18)15-11-9-14(10-12-15)13-21-16-7-5-6-8-17(16)22/h5-13,22H,1-4H3. The summed E-state index contributed by atoms with van der Waals surface area (Å²) in [7, 11) is -0.362. The van der Waals surface area contributed by atoms with Crippen LogP contribution in [0.2, 0.25) is 0 Å². The fourth-order valence-corrected chi connectivity index (χ4v) is 2.44. The van der Waals surface area contributed by atoms with Crippen LogP contribution in [-0.2, 0) is 9.31 Å². The van der Waals surface area contributed by atoms with Gasteiger partial charge in [-0.15, -0.1) is 0 Å². The van der Waals surface area contributed by atoms with E-state index in [1.54, 1.807) is 24.4 Å². The molecule has 124 valence electrons. The molecule has 4 nitrogen and oxygen atoms in total. The van der Waals surface area contributed by atoms with Gasteiger partial charge in [0.2, 0.25) is 0 Å². The summed E-state index contributed by atoms with van der Waals surface area (Å²) in [4.78, 5) is 4.31. The van der Waals surface area contributed by atoms with Crippen LogP contribution in [0.4, 0.5) is 5.69 Å². The molecule has 1 heterocycles. The van der Waals surface area contributed by atoms with Crippen molar-refractivity contribution in [3.8, 4) is 5.75 Å². The second kappa shape index (κ2) is 6.08. The molecular weight excluding hydrogens is 301 g/mol. The van der Waals surface area contributed by atoms with Crippen molar-refractivity contribution in [2.45, 2.75) is 38.9 Å². The highest BCUT2D eigenvalue weighted by Crippen LogP contribution is 2.36. The summed E-state index contributed by atoms with van der Waals surface area (Å²) in [5.74, 6) is 0.169. The lowest BCUT2D eigenvalue weighted by Crippen LogP contribution is -2.41. The zero-order chi connectivity index (χ0) is 17.4. The summed E-state index contributed by atoms with van der Waals surface area (Å²) in [6.45, 7) is 8.17. The van der Waals surface area contributed by atoms with Gasteiger partial charge in [-0.1, -0.05) is 36.4 Å². The van der Waals surface area contributed by atoms with Crippen molar-refractivity contribution in [2.24, 2.45) is 4.99 Å².